The number of methoxy groups -OCH3 is 2. The van der Waals surface area contributed by atoms with Crippen LogP contribution >= 0.6 is 12.4 Å². The van der Waals surface area contributed by atoms with Gasteiger partial charge in [0.05, 0.1) is 20.3 Å². The van der Waals surface area contributed by atoms with Gasteiger partial charge in [-0.3, -0.25) is 0 Å². The predicted octanol–water partition coefficient (Wildman–Crippen LogP) is 1.75. The van der Waals surface area contributed by atoms with Crippen LogP contribution in [0.1, 0.15) is 11.6 Å². The summed E-state index contributed by atoms with van der Waals surface area (Å²) in [6.45, 7) is -1.30. The zero-order valence-corrected chi connectivity index (χ0v) is 10.8. The molecule has 3 N–H and O–H groups in total. The molecule has 7 heteroatoms. The SMILES string of the molecule is COc1ccc([C@@H](N)C(F)(F)CO)cc1OC.Cl. The molecule has 0 spiro atoms. The van der Waals surface area contributed by atoms with E-state index in [0.29, 0.717) is 11.5 Å². The molecule has 0 unspecified atom stereocenters. The van der Waals surface area contributed by atoms with Crippen LogP contribution in [-0.4, -0.2) is 31.9 Å². The fraction of sp³-hybridized carbons (Fsp3) is 0.455. The minimum atomic E-state index is -3.38. The summed E-state index contributed by atoms with van der Waals surface area (Å²) in [4.78, 5) is 0. The standard InChI is InChI=1S/C11H15F2NO3.ClH/c1-16-8-4-3-7(5-9(8)17-2)10(14)11(12,13)6-15;/h3-5,10,15H,6,14H2,1-2H3;1H/t10-;/m1./s1. The topological polar surface area (TPSA) is 64.7 Å². The van der Waals surface area contributed by atoms with Crippen LogP contribution in [0.4, 0.5) is 8.78 Å². The molecule has 0 fully saturated rings. The minimum absolute atomic E-state index is 0. The molecule has 1 aromatic rings. The maximum Gasteiger partial charge on any atom is 0.289 e. The molecule has 0 aromatic heterocycles. The monoisotopic (exact) mass is 283 g/mol. The molecule has 4 nitrogen and oxygen atoms in total. The zero-order valence-electron chi connectivity index (χ0n) is 10.0. The Balaban J connectivity index is 0.00000289. The summed E-state index contributed by atoms with van der Waals surface area (Å²) in [5.41, 5.74) is 5.56. The second-order valence-corrected chi connectivity index (χ2v) is 3.51. The first-order chi connectivity index (χ1) is 7.96. The van der Waals surface area contributed by atoms with E-state index >= 15 is 0 Å². The van der Waals surface area contributed by atoms with Crippen LogP contribution in [0.3, 0.4) is 0 Å². The maximum atomic E-state index is 13.2. The Morgan fingerprint density at radius 2 is 1.83 bits per heavy atom. The Bertz CT molecular complexity index is 391. The molecule has 0 saturated carbocycles. The van der Waals surface area contributed by atoms with Crippen molar-refractivity contribution in [1.82, 2.24) is 0 Å². The van der Waals surface area contributed by atoms with Gasteiger partial charge in [0.25, 0.3) is 5.92 Å². The summed E-state index contributed by atoms with van der Waals surface area (Å²) in [7, 11) is 2.84. The van der Waals surface area contributed by atoms with Gasteiger partial charge in [-0.15, -0.1) is 12.4 Å². The molecule has 1 aromatic carbocycles. The molecule has 0 bridgehead atoms. The summed E-state index contributed by atoms with van der Waals surface area (Å²) in [5, 5.41) is 8.57. The smallest absolute Gasteiger partial charge is 0.289 e. The number of benzene rings is 1. The van der Waals surface area contributed by atoms with Crippen molar-refractivity contribution in [2.24, 2.45) is 5.73 Å². The van der Waals surface area contributed by atoms with Gasteiger partial charge in [0.1, 0.15) is 6.61 Å². The summed E-state index contributed by atoms with van der Waals surface area (Å²) in [5.74, 6) is -2.63. The normalized spacial score (nSPS) is 12.6. The first kappa shape index (κ1) is 16.9. The quantitative estimate of drug-likeness (QED) is 0.864. The van der Waals surface area contributed by atoms with E-state index in [1.807, 2.05) is 0 Å². The second kappa shape index (κ2) is 6.72. The molecule has 0 radical (unpaired) electrons. The fourth-order valence-corrected chi connectivity index (χ4v) is 1.39. The van der Waals surface area contributed by atoms with E-state index in [1.165, 1.54) is 32.4 Å². The third kappa shape index (κ3) is 3.44. The molecule has 1 atom stereocenters. The average molecular weight is 284 g/mol. The van der Waals surface area contributed by atoms with E-state index in [0.717, 1.165) is 0 Å². The molecule has 18 heavy (non-hydrogen) atoms. The lowest BCUT2D eigenvalue weighted by Crippen LogP contribution is -2.36. The predicted molar refractivity (Wildman–Crippen MR) is 65.8 cm³/mol. The van der Waals surface area contributed by atoms with Crippen molar-refractivity contribution in [1.29, 1.82) is 0 Å². The molecule has 0 saturated heterocycles. The highest BCUT2D eigenvalue weighted by Crippen LogP contribution is 2.34. The number of hydrogen-bond donors (Lipinski definition) is 2. The van der Waals surface area contributed by atoms with Gasteiger partial charge in [-0.25, -0.2) is 8.78 Å². The summed E-state index contributed by atoms with van der Waals surface area (Å²) < 4.78 is 36.4. The van der Waals surface area contributed by atoms with Gasteiger partial charge in [0.15, 0.2) is 11.5 Å². The Morgan fingerprint density at radius 3 is 2.28 bits per heavy atom. The Labute approximate surface area is 110 Å². The maximum absolute atomic E-state index is 13.2. The van der Waals surface area contributed by atoms with Crippen LogP contribution in [0.2, 0.25) is 0 Å². The van der Waals surface area contributed by atoms with E-state index in [9.17, 15) is 8.78 Å². The number of nitrogens with two attached hydrogens (primary N) is 1. The summed E-state index contributed by atoms with van der Waals surface area (Å²) >= 11 is 0. The molecule has 1 rings (SSSR count). The highest BCUT2D eigenvalue weighted by Gasteiger charge is 2.37. The highest BCUT2D eigenvalue weighted by atomic mass is 35.5. The number of aliphatic hydroxyl groups excluding tert-OH is 1. The molecular formula is C11H16ClF2NO3. The molecule has 0 aliphatic rings. The van der Waals surface area contributed by atoms with E-state index in [2.05, 4.69) is 0 Å². The van der Waals surface area contributed by atoms with Crippen molar-refractivity contribution in [2.45, 2.75) is 12.0 Å². The van der Waals surface area contributed by atoms with Crippen molar-refractivity contribution in [3.05, 3.63) is 23.8 Å². The number of hydrogen-bond acceptors (Lipinski definition) is 4. The van der Waals surface area contributed by atoms with E-state index in [4.69, 9.17) is 20.3 Å². The van der Waals surface area contributed by atoms with Crippen molar-refractivity contribution < 1.29 is 23.4 Å². The number of alkyl halides is 2. The van der Waals surface area contributed by atoms with Gasteiger partial charge in [-0.2, -0.15) is 0 Å². The van der Waals surface area contributed by atoms with Gasteiger partial charge in [0.2, 0.25) is 0 Å². The first-order valence-electron chi connectivity index (χ1n) is 4.92. The fourth-order valence-electron chi connectivity index (χ4n) is 1.39. The third-order valence-electron chi connectivity index (χ3n) is 2.43. The highest BCUT2D eigenvalue weighted by molar-refractivity contribution is 5.85. The van der Waals surface area contributed by atoms with Gasteiger partial charge in [0, 0.05) is 0 Å². The van der Waals surface area contributed by atoms with Gasteiger partial charge in [-0.1, -0.05) is 6.07 Å². The summed E-state index contributed by atoms with van der Waals surface area (Å²) in [6.07, 6.45) is 0. The lowest BCUT2D eigenvalue weighted by atomic mass is 10.0. The van der Waals surface area contributed by atoms with Crippen molar-refractivity contribution in [3.63, 3.8) is 0 Å². The Kier molecular flexibility index (Phi) is 6.31. The van der Waals surface area contributed by atoms with Gasteiger partial charge >= 0.3 is 0 Å². The number of halogens is 3. The van der Waals surface area contributed by atoms with E-state index < -0.39 is 18.6 Å². The number of rotatable bonds is 5. The minimum Gasteiger partial charge on any atom is -0.493 e. The molecule has 0 aliphatic carbocycles. The summed E-state index contributed by atoms with van der Waals surface area (Å²) in [6, 6.07) is 2.68. The van der Waals surface area contributed by atoms with Crippen LogP contribution in [0.5, 0.6) is 11.5 Å². The first-order valence-corrected chi connectivity index (χ1v) is 4.92. The van der Waals surface area contributed by atoms with Crippen LogP contribution in [0.15, 0.2) is 18.2 Å². The molecule has 104 valence electrons. The largest absolute Gasteiger partial charge is 0.493 e. The van der Waals surface area contributed by atoms with Crippen LogP contribution in [0, 0.1) is 0 Å². The van der Waals surface area contributed by atoms with Crippen molar-refractivity contribution >= 4 is 12.4 Å². The average Bonchev–Trinajstić information content (AvgIpc) is 2.36. The van der Waals surface area contributed by atoms with E-state index in [-0.39, 0.29) is 18.0 Å². The zero-order chi connectivity index (χ0) is 13.1. The van der Waals surface area contributed by atoms with Gasteiger partial charge < -0.3 is 20.3 Å². The second-order valence-electron chi connectivity index (χ2n) is 3.51. The Morgan fingerprint density at radius 1 is 1.28 bits per heavy atom. The van der Waals surface area contributed by atoms with Crippen molar-refractivity contribution in [2.75, 3.05) is 20.8 Å². The molecular weight excluding hydrogens is 268 g/mol. The van der Waals surface area contributed by atoms with Crippen LogP contribution in [0.25, 0.3) is 0 Å². The number of ether oxygens (including phenoxy) is 2. The third-order valence-corrected chi connectivity index (χ3v) is 2.43. The van der Waals surface area contributed by atoms with Crippen LogP contribution in [-0.2, 0) is 0 Å². The molecule has 0 amide bonds. The number of aliphatic hydroxyl groups is 1. The van der Waals surface area contributed by atoms with E-state index in [1.54, 1.807) is 0 Å². The Hall–Kier alpha value is -1.11. The lowest BCUT2D eigenvalue weighted by Gasteiger charge is -2.22. The van der Waals surface area contributed by atoms with Gasteiger partial charge in [-0.05, 0) is 17.7 Å². The van der Waals surface area contributed by atoms with Crippen LogP contribution < -0.4 is 15.2 Å². The molecule has 0 heterocycles. The van der Waals surface area contributed by atoms with Crippen molar-refractivity contribution in [3.8, 4) is 11.5 Å². The lowest BCUT2D eigenvalue weighted by molar-refractivity contribution is -0.0712. The molecule has 0 aliphatic heterocycles.